The number of nitrogens with zero attached hydrogens (tertiary/aromatic N) is 1. The number of nitrogens with two attached hydrogens (primary N) is 1. The van der Waals surface area contributed by atoms with E-state index < -0.39 is 0 Å². The number of carbonyl (C=O) groups excluding carboxylic acids is 1. The zero-order chi connectivity index (χ0) is 14.7. The smallest absolute Gasteiger partial charge is 0.321 e. The molecule has 0 bridgehead atoms. The number of rotatable bonds is 2. The largest absolute Gasteiger partial charge is 0.393 e. The van der Waals surface area contributed by atoms with E-state index in [2.05, 4.69) is 5.32 Å². The number of piperidine rings is 1. The summed E-state index contributed by atoms with van der Waals surface area (Å²) in [6, 6.07) is 4.77. The normalized spacial score (nSPS) is 16.0. The Labute approximate surface area is 133 Å². The van der Waals surface area contributed by atoms with Crippen molar-refractivity contribution >= 4 is 52.1 Å². The van der Waals surface area contributed by atoms with Crippen LogP contribution < -0.4 is 11.1 Å². The summed E-state index contributed by atoms with van der Waals surface area (Å²) >= 11 is 16.9. The number of benzene rings is 1. The fourth-order valence-electron chi connectivity index (χ4n) is 2.15. The number of urea groups is 1. The predicted molar refractivity (Wildman–Crippen MR) is 86.6 cm³/mol. The molecule has 0 saturated carbocycles. The van der Waals surface area contributed by atoms with Crippen molar-refractivity contribution in [1.82, 2.24) is 4.90 Å². The maximum Gasteiger partial charge on any atom is 0.321 e. The zero-order valence-electron chi connectivity index (χ0n) is 10.7. The van der Waals surface area contributed by atoms with Gasteiger partial charge in [-0.05, 0) is 31.0 Å². The van der Waals surface area contributed by atoms with E-state index in [1.165, 1.54) is 0 Å². The van der Waals surface area contributed by atoms with Gasteiger partial charge < -0.3 is 16.0 Å². The van der Waals surface area contributed by atoms with E-state index in [0.717, 1.165) is 12.8 Å². The number of anilines is 1. The standard InChI is InChI=1S/C13H15Cl2N3OS/c14-9-1-2-10(15)11(7-9)17-13(19)18-5-3-8(4-6-18)12(16)20/h1-2,7-8H,3-6H2,(H2,16,20)(H,17,19). The number of hydrogen-bond donors (Lipinski definition) is 2. The maximum atomic E-state index is 12.2. The van der Waals surface area contributed by atoms with Crippen molar-refractivity contribution in [3.8, 4) is 0 Å². The van der Waals surface area contributed by atoms with Crippen molar-refractivity contribution in [1.29, 1.82) is 0 Å². The number of amides is 2. The van der Waals surface area contributed by atoms with Crippen LogP contribution in [0.5, 0.6) is 0 Å². The van der Waals surface area contributed by atoms with Crippen molar-refractivity contribution in [3.63, 3.8) is 0 Å². The second kappa shape index (κ2) is 6.61. The Balaban J connectivity index is 1.96. The predicted octanol–water partition coefficient (Wildman–Crippen LogP) is 3.52. The Morgan fingerprint density at radius 3 is 2.60 bits per heavy atom. The first-order valence-electron chi connectivity index (χ1n) is 6.27. The molecule has 1 fully saturated rings. The lowest BCUT2D eigenvalue weighted by Crippen LogP contribution is -2.43. The molecule has 2 amide bonds. The van der Waals surface area contributed by atoms with Gasteiger partial charge >= 0.3 is 6.03 Å². The van der Waals surface area contributed by atoms with Gasteiger partial charge in [-0.15, -0.1) is 0 Å². The Morgan fingerprint density at radius 2 is 2.00 bits per heavy atom. The fourth-order valence-corrected chi connectivity index (χ4v) is 2.73. The summed E-state index contributed by atoms with van der Waals surface area (Å²) in [6.45, 7) is 1.26. The molecule has 0 aliphatic carbocycles. The summed E-state index contributed by atoms with van der Waals surface area (Å²) < 4.78 is 0. The molecule has 1 aromatic rings. The molecule has 3 N–H and O–H groups in total. The molecular weight excluding hydrogens is 317 g/mol. The molecule has 0 radical (unpaired) electrons. The second-order valence-corrected chi connectivity index (χ2v) is 6.03. The number of likely N-dealkylation sites (tertiary alicyclic amines) is 1. The molecule has 0 atom stereocenters. The van der Waals surface area contributed by atoms with E-state index in [9.17, 15) is 4.79 Å². The highest BCUT2D eigenvalue weighted by molar-refractivity contribution is 7.80. The minimum atomic E-state index is -0.185. The molecule has 7 heteroatoms. The number of nitrogens with one attached hydrogen (secondary N) is 1. The number of halogens is 2. The fraction of sp³-hybridized carbons (Fsp3) is 0.385. The first kappa shape index (κ1) is 15.4. The van der Waals surface area contributed by atoms with Crippen LogP contribution in [0.1, 0.15) is 12.8 Å². The molecule has 108 valence electrons. The van der Waals surface area contributed by atoms with E-state index in [0.29, 0.717) is 33.8 Å². The van der Waals surface area contributed by atoms with Gasteiger partial charge in [0, 0.05) is 24.0 Å². The third kappa shape index (κ3) is 3.75. The average molecular weight is 332 g/mol. The van der Waals surface area contributed by atoms with Crippen LogP contribution in [-0.2, 0) is 0 Å². The Kier molecular flexibility index (Phi) is 5.07. The SMILES string of the molecule is NC(=S)C1CCN(C(=O)Nc2cc(Cl)ccc2Cl)CC1. The summed E-state index contributed by atoms with van der Waals surface area (Å²) in [7, 11) is 0. The summed E-state index contributed by atoms with van der Waals surface area (Å²) in [5.41, 5.74) is 6.14. The molecule has 1 heterocycles. The van der Waals surface area contributed by atoms with Crippen LogP contribution in [0.3, 0.4) is 0 Å². The maximum absolute atomic E-state index is 12.2. The molecule has 0 spiro atoms. The lowest BCUT2D eigenvalue weighted by molar-refractivity contribution is 0.193. The number of hydrogen-bond acceptors (Lipinski definition) is 2. The highest BCUT2D eigenvalue weighted by Gasteiger charge is 2.24. The van der Waals surface area contributed by atoms with Gasteiger partial charge in [0.25, 0.3) is 0 Å². The molecule has 4 nitrogen and oxygen atoms in total. The zero-order valence-corrected chi connectivity index (χ0v) is 13.1. The molecular formula is C13H15Cl2N3OS. The van der Waals surface area contributed by atoms with E-state index in [1.807, 2.05) is 0 Å². The van der Waals surface area contributed by atoms with Crippen LogP contribution in [0.15, 0.2) is 18.2 Å². The minimum Gasteiger partial charge on any atom is -0.393 e. The van der Waals surface area contributed by atoms with Crippen molar-refractivity contribution in [2.75, 3.05) is 18.4 Å². The average Bonchev–Trinajstić information content (AvgIpc) is 2.43. The summed E-state index contributed by atoms with van der Waals surface area (Å²) in [5.74, 6) is 0.226. The molecule has 2 rings (SSSR count). The van der Waals surface area contributed by atoms with Crippen molar-refractivity contribution < 1.29 is 4.79 Å². The van der Waals surface area contributed by atoms with Crippen LogP contribution in [0, 0.1) is 5.92 Å². The van der Waals surface area contributed by atoms with Crippen LogP contribution in [-0.4, -0.2) is 29.0 Å². The highest BCUT2D eigenvalue weighted by atomic mass is 35.5. The van der Waals surface area contributed by atoms with E-state index in [1.54, 1.807) is 23.1 Å². The lowest BCUT2D eigenvalue weighted by atomic mass is 9.97. The second-order valence-electron chi connectivity index (χ2n) is 4.72. The third-order valence-electron chi connectivity index (χ3n) is 3.35. The molecule has 1 saturated heterocycles. The Bertz CT molecular complexity index is 530. The number of carbonyl (C=O) groups is 1. The summed E-state index contributed by atoms with van der Waals surface area (Å²) in [4.78, 5) is 14.4. The molecule has 1 aliphatic heterocycles. The van der Waals surface area contributed by atoms with Gasteiger partial charge in [0.05, 0.1) is 15.7 Å². The monoisotopic (exact) mass is 331 g/mol. The van der Waals surface area contributed by atoms with Gasteiger partial charge in [0.15, 0.2) is 0 Å². The van der Waals surface area contributed by atoms with Crippen LogP contribution in [0.2, 0.25) is 10.0 Å². The van der Waals surface area contributed by atoms with E-state index in [4.69, 9.17) is 41.2 Å². The van der Waals surface area contributed by atoms with Gasteiger partial charge in [0.1, 0.15) is 0 Å². The van der Waals surface area contributed by atoms with Crippen molar-refractivity contribution in [3.05, 3.63) is 28.2 Å². The summed E-state index contributed by atoms with van der Waals surface area (Å²) in [6.07, 6.45) is 1.60. The van der Waals surface area contributed by atoms with E-state index in [-0.39, 0.29) is 11.9 Å². The quantitative estimate of drug-likeness (QED) is 0.815. The lowest BCUT2D eigenvalue weighted by Gasteiger charge is -2.31. The van der Waals surface area contributed by atoms with Crippen molar-refractivity contribution in [2.24, 2.45) is 11.7 Å². The van der Waals surface area contributed by atoms with Gasteiger partial charge in [0.2, 0.25) is 0 Å². The van der Waals surface area contributed by atoms with Gasteiger partial charge in [-0.2, -0.15) is 0 Å². The Hall–Kier alpha value is -1.04. The third-order valence-corrected chi connectivity index (χ3v) is 4.25. The van der Waals surface area contributed by atoms with Crippen LogP contribution in [0.4, 0.5) is 10.5 Å². The van der Waals surface area contributed by atoms with Crippen LogP contribution >= 0.6 is 35.4 Å². The Morgan fingerprint density at radius 1 is 1.35 bits per heavy atom. The van der Waals surface area contributed by atoms with Crippen LogP contribution in [0.25, 0.3) is 0 Å². The molecule has 0 unspecified atom stereocenters. The van der Waals surface area contributed by atoms with E-state index >= 15 is 0 Å². The number of thiocarbonyl (C=S) groups is 1. The highest BCUT2D eigenvalue weighted by Crippen LogP contribution is 2.26. The topological polar surface area (TPSA) is 58.4 Å². The van der Waals surface area contributed by atoms with Gasteiger partial charge in [-0.3, -0.25) is 0 Å². The molecule has 1 aliphatic rings. The summed E-state index contributed by atoms with van der Waals surface area (Å²) in [5, 5.41) is 3.76. The van der Waals surface area contributed by atoms with Gasteiger partial charge in [-0.25, -0.2) is 4.79 Å². The minimum absolute atomic E-state index is 0.185. The van der Waals surface area contributed by atoms with Crippen molar-refractivity contribution in [2.45, 2.75) is 12.8 Å². The first-order chi connectivity index (χ1) is 9.47. The van der Waals surface area contributed by atoms with Gasteiger partial charge in [-0.1, -0.05) is 35.4 Å². The first-order valence-corrected chi connectivity index (χ1v) is 7.44. The molecule has 0 aromatic heterocycles. The molecule has 20 heavy (non-hydrogen) atoms. The molecule has 1 aromatic carbocycles.